The quantitative estimate of drug-likeness (QED) is 0.410. The summed E-state index contributed by atoms with van der Waals surface area (Å²) in [7, 11) is 0. The molecule has 3 heterocycles. The summed E-state index contributed by atoms with van der Waals surface area (Å²) >= 11 is 0. The van der Waals surface area contributed by atoms with Gasteiger partial charge >= 0.3 is 5.69 Å². The van der Waals surface area contributed by atoms with Gasteiger partial charge in [-0.15, -0.1) is 0 Å². The standard InChI is InChI=1S/C24H24N4O3/c1-13(2)14-7-9-15(10-8-14)28-23(30)19(22(29)27-24(28)31)21-20-17(11-12-25-21)16-5-3-4-6-18(16)26-20/h3-10,13,21,25-26,30H,11-12H2,1-2H3,(H,27,29,31)/p+1/t21-/m1/s1. The number of hydrogen-bond acceptors (Lipinski definition) is 3. The Labute approximate surface area is 178 Å². The number of aromatic nitrogens is 3. The fraction of sp³-hybridized carbons (Fsp3) is 0.250. The van der Waals surface area contributed by atoms with E-state index in [0.717, 1.165) is 40.7 Å². The number of rotatable bonds is 3. The molecule has 5 N–H and O–H groups in total. The van der Waals surface area contributed by atoms with Crippen LogP contribution in [-0.2, 0) is 6.42 Å². The van der Waals surface area contributed by atoms with Crippen molar-refractivity contribution in [1.82, 2.24) is 14.5 Å². The SMILES string of the molecule is CC(C)c1ccc(-n2c(O)c([C@H]3[NH2+]CCc4c3[nH]c3ccccc43)c(=O)[nH]c2=O)cc1. The maximum Gasteiger partial charge on any atom is 0.335 e. The molecule has 1 aliphatic rings. The third-order valence-corrected chi connectivity index (χ3v) is 6.20. The van der Waals surface area contributed by atoms with E-state index in [9.17, 15) is 14.7 Å². The number of nitrogens with zero attached hydrogens (tertiary/aromatic N) is 1. The van der Waals surface area contributed by atoms with E-state index in [1.165, 1.54) is 4.57 Å². The van der Waals surface area contributed by atoms with Crippen molar-refractivity contribution >= 4 is 10.9 Å². The van der Waals surface area contributed by atoms with Gasteiger partial charge in [-0.1, -0.05) is 44.2 Å². The predicted octanol–water partition coefficient (Wildman–Crippen LogP) is 2.04. The van der Waals surface area contributed by atoms with Crippen molar-refractivity contribution in [2.24, 2.45) is 0 Å². The van der Waals surface area contributed by atoms with Crippen molar-refractivity contribution in [1.29, 1.82) is 0 Å². The maximum absolute atomic E-state index is 12.8. The Morgan fingerprint density at radius 3 is 2.55 bits per heavy atom. The number of benzene rings is 2. The van der Waals surface area contributed by atoms with Crippen LogP contribution in [0.15, 0.2) is 58.1 Å². The lowest BCUT2D eigenvalue weighted by molar-refractivity contribution is -0.690. The number of hydrogen-bond donors (Lipinski definition) is 4. The van der Waals surface area contributed by atoms with Gasteiger partial charge in [-0.3, -0.25) is 9.78 Å². The second kappa shape index (κ2) is 7.28. The minimum atomic E-state index is -0.656. The predicted molar refractivity (Wildman–Crippen MR) is 119 cm³/mol. The molecule has 158 valence electrons. The molecule has 0 unspecified atom stereocenters. The first-order valence-corrected chi connectivity index (χ1v) is 10.6. The lowest BCUT2D eigenvalue weighted by atomic mass is 9.95. The highest BCUT2D eigenvalue weighted by Gasteiger charge is 2.34. The van der Waals surface area contributed by atoms with Crippen LogP contribution in [0.3, 0.4) is 0 Å². The number of aromatic hydroxyl groups is 1. The normalized spacial score (nSPS) is 16.0. The highest BCUT2D eigenvalue weighted by molar-refractivity contribution is 5.85. The average Bonchev–Trinajstić information content (AvgIpc) is 3.13. The second-order valence-corrected chi connectivity index (χ2v) is 8.39. The van der Waals surface area contributed by atoms with E-state index in [-0.39, 0.29) is 11.4 Å². The summed E-state index contributed by atoms with van der Waals surface area (Å²) < 4.78 is 1.17. The van der Waals surface area contributed by atoms with Crippen LogP contribution in [-0.4, -0.2) is 26.2 Å². The van der Waals surface area contributed by atoms with Crippen molar-refractivity contribution < 1.29 is 10.4 Å². The van der Waals surface area contributed by atoms with Crippen LogP contribution in [0.25, 0.3) is 16.6 Å². The summed E-state index contributed by atoms with van der Waals surface area (Å²) in [6, 6.07) is 15.0. The Kier molecular flexibility index (Phi) is 4.55. The van der Waals surface area contributed by atoms with Gasteiger partial charge in [0, 0.05) is 17.3 Å². The van der Waals surface area contributed by atoms with Gasteiger partial charge in [0.15, 0.2) is 6.04 Å². The summed E-state index contributed by atoms with van der Waals surface area (Å²) in [5.74, 6) is 0.0292. The molecular weight excluding hydrogens is 392 g/mol. The molecule has 7 nitrogen and oxygen atoms in total. The zero-order valence-electron chi connectivity index (χ0n) is 17.5. The topological polar surface area (TPSA) is 107 Å². The molecule has 4 aromatic rings. The summed E-state index contributed by atoms with van der Waals surface area (Å²) in [6.07, 6.45) is 0.866. The first-order valence-electron chi connectivity index (χ1n) is 10.6. The molecular formula is C24H25N4O3+. The summed E-state index contributed by atoms with van der Waals surface area (Å²) in [6.45, 7) is 4.96. The Bertz CT molecular complexity index is 1390. The monoisotopic (exact) mass is 417 g/mol. The van der Waals surface area contributed by atoms with E-state index < -0.39 is 17.3 Å². The lowest BCUT2D eigenvalue weighted by Gasteiger charge is -2.22. The van der Waals surface area contributed by atoms with Crippen LogP contribution in [0.4, 0.5) is 0 Å². The van der Waals surface area contributed by atoms with Crippen LogP contribution in [0.2, 0.25) is 0 Å². The number of para-hydroxylation sites is 1. The zero-order valence-corrected chi connectivity index (χ0v) is 17.5. The molecule has 0 spiro atoms. The minimum Gasteiger partial charge on any atom is -0.494 e. The molecule has 1 atom stereocenters. The average molecular weight is 417 g/mol. The zero-order chi connectivity index (χ0) is 21.7. The van der Waals surface area contributed by atoms with Crippen molar-refractivity contribution in [2.45, 2.75) is 32.2 Å². The summed E-state index contributed by atoms with van der Waals surface area (Å²) in [4.78, 5) is 31.3. The fourth-order valence-electron chi connectivity index (χ4n) is 4.60. The largest absolute Gasteiger partial charge is 0.494 e. The number of quaternary nitrogens is 1. The van der Waals surface area contributed by atoms with Gasteiger partial charge in [0.05, 0.1) is 17.9 Å². The van der Waals surface area contributed by atoms with Crippen molar-refractivity contribution in [3.05, 3.63) is 91.8 Å². The first-order chi connectivity index (χ1) is 15.0. The molecule has 0 aliphatic carbocycles. The fourth-order valence-corrected chi connectivity index (χ4v) is 4.60. The molecule has 0 saturated heterocycles. The van der Waals surface area contributed by atoms with E-state index in [1.807, 2.05) is 35.6 Å². The van der Waals surface area contributed by atoms with Crippen LogP contribution in [0.1, 0.15) is 48.2 Å². The number of aromatic amines is 2. The third-order valence-electron chi connectivity index (χ3n) is 6.20. The van der Waals surface area contributed by atoms with Crippen LogP contribution >= 0.6 is 0 Å². The minimum absolute atomic E-state index is 0.181. The highest BCUT2D eigenvalue weighted by Crippen LogP contribution is 2.32. The van der Waals surface area contributed by atoms with Crippen LogP contribution in [0.5, 0.6) is 5.88 Å². The summed E-state index contributed by atoms with van der Waals surface area (Å²) in [5, 5.41) is 14.3. The first kappa shape index (κ1) is 19.4. The van der Waals surface area contributed by atoms with E-state index >= 15 is 0 Å². The van der Waals surface area contributed by atoms with Crippen LogP contribution in [0, 0.1) is 0 Å². The molecule has 2 aromatic heterocycles. The molecule has 5 rings (SSSR count). The Morgan fingerprint density at radius 1 is 1.06 bits per heavy atom. The van der Waals surface area contributed by atoms with Gasteiger partial charge in [0.1, 0.15) is 5.56 Å². The van der Waals surface area contributed by atoms with Crippen molar-refractivity contribution in [2.75, 3.05) is 6.54 Å². The second-order valence-electron chi connectivity index (χ2n) is 8.39. The molecule has 0 radical (unpaired) electrons. The number of nitrogens with one attached hydrogen (secondary N) is 2. The summed E-state index contributed by atoms with van der Waals surface area (Å²) in [5.41, 5.74) is 3.65. The van der Waals surface area contributed by atoms with E-state index in [4.69, 9.17) is 0 Å². The molecule has 0 saturated carbocycles. The Hall–Kier alpha value is -3.58. The van der Waals surface area contributed by atoms with E-state index in [2.05, 4.69) is 29.9 Å². The van der Waals surface area contributed by atoms with Gasteiger partial charge in [-0.05, 0) is 35.2 Å². The van der Waals surface area contributed by atoms with E-state index in [0.29, 0.717) is 11.6 Å². The van der Waals surface area contributed by atoms with E-state index in [1.54, 1.807) is 12.1 Å². The number of fused-ring (bicyclic) bond motifs is 3. The molecule has 0 bridgehead atoms. The third kappa shape index (κ3) is 3.09. The molecule has 0 fully saturated rings. The lowest BCUT2D eigenvalue weighted by Crippen LogP contribution is -2.87. The van der Waals surface area contributed by atoms with Crippen molar-refractivity contribution in [3.8, 4) is 11.6 Å². The number of H-pyrrole nitrogens is 2. The van der Waals surface area contributed by atoms with Gasteiger partial charge < -0.3 is 15.4 Å². The smallest absolute Gasteiger partial charge is 0.335 e. The van der Waals surface area contributed by atoms with Crippen molar-refractivity contribution in [3.63, 3.8) is 0 Å². The molecule has 1 aliphatic heterocycles. The van der Waals surface area contributed by atoms with Gasteiger partial charge in [-0.2, -0.15) is 0 Å². The van der Waals surface area contributed by atoms with Gasteiger partial charge in [-0.25, -0.2) is 9.36 Å². The molecule has 31 heavy (non-hydrogen) atoms. The Morgan fingerprint density at radius 2 is 1.81 bits per heavy atom. The highest BCUT2D eigenvalue weighted by atomic mass is 16.3. The van der Waals surface area contributed by atoms with Gasteiger partial charge in [0.25, 0.3) is 5.56 Å². The number of nitrogens with two attached hydrogens (primary N) is 1. The molecule has 7 heteroatoms. The molecule has 0 amide bonds. The maximum atomic E-state index is 12.8. The Balaban J connectivity index is 1.69. The van der Waals surface area contributed by atoms with Crippen LogP contribution < -0.4 is 16.6 Å². The van der Waals surface area contributed by atoms with Gasteiger partial charge in [0.2, 0.25) is 5.88 Å². The molecule has 2 aromatic carbocycles.